The monoisotopic (exact) mass is 292 g/mol. The van der Waals surface area contributed by atoms with Crippen LogP contribution >= 0.6 is 0 Å². The number of hydrogen-bond acceptors (Lipinski definition) is 4. The summed E-state index contributed by atoms with van der Waals surface area (Å²) in [6.45, 7) is 5.48. The molecule has 1 aliphatic carbocycles. The lowest BCUT2D eigenvalue weighted by molar-refractivity contribution is 0.0818. The van der Waals surface area contributed by atoms with Gasteiger partial charge in [-0.05, 0) is 24.9 Å². The molecule has 1 aromatic rings. The minimum Gasteiger partial charge on any atom is -0.394 e. The largest absolute Gasteiger partial charge is 0.394 e. The van der Waals surface area contributed by atoms with E-state index in [1.165, 1.54) is 12.8 Å². The van der Waals surface area contributed by atoms with E-state index in [0.29, 0.717) is 6.04 Å². The summed E-state index contributed by atoms with van der Waals surface area (Å²) in [7, 11) is 1.74. The third kappa shape index (κ3) is 4.27. The van der Waals surface area contributed by atoms with Crippen molar-refractivity contribution in [1.82, 2.24) is 10.2 Å². The van der Waals surface area contributed by atoms with Crippen LogP contribution in [0.4, 0.5) is 0 Å². The standard InChI is InChI=1S/C17H28N2O2/c1-3-18-17(14-20,15-7-5-4-6-8-15)13-19(11-12-21-2)16-9-10-16/h4-8,16,18,20H,3,9-14H2,1-2H3. The van der Waals surface area contributed by atoms with Gasteiger partial charge in [0, 0.05) is 26.2 Å². The minimum absolute atomic E-state index is 0.0983. The van der Waals surface area contributed by atoms with E-state index in [2.05, 4.69) is 29.3 Å². The molecule has 0 spiro atoms. The average Bonchev–Trinajstić information content (AvgIpc) is 3.36. The number of nitrogens with one attached hydrogen (secondary N) is 1. The zero-order valence-electron chi connectivity index (χ0n) is 13.2. The highest BCUT2D eigenvalue weighted by Gasteiger charge is 2.37. The molecule has 1 fully saturated rings. The van der Waals surface area contributed by atoms with Gasteiger partial charge in [-0.15, -0.1) is 0 Å². The maximum absolute atomic E-state index is 10.1. The molecule has 4 nitrogen and oxygen atoms in total. The number of rotatable bonds is 10. The molecule has 0 aliphatic heterocycles. The first-order valence-electron chi connectivity index (χ1n) is 7.90. The third-order valence-electron chi connectivity index (χ3n) is 4.23. The maximum atomic E-state index is 10.1. The highest BCUT2D eigenvalue weighted by molar-refractivity contribution is 5.25. The lowest BCUT2D eigenvalue weighted by Gasteiger charge is -2.38. The van der Waals surface area contributed by atoms with Crippen molar-refractivity contribution in [3.63, 3.8) is 0 Å². The first-order valence-corrected chi connectivity index (χ1v) is 7.90. The lowest BCUT2D eigenvalue weighted by Crippen LogP contribution is -2.54. The number of methoxy groups -OCH3 is 1. The van der Waals surface area contributed by atoms with Crippen LogP contribution in [0.3, 0.4) is 0 Å². The van der Waals surface area contributed by atoms with Crippen LogP contribution in [0.5, 0.6) is 0 Å². The second kappa shape index (κ2) is 7.90. The van der Waals surface area contributed by atoms with E-state index in [-0.39, 0.29) is 6.61 Å². The fourth-order valence-corrected chi connectivity index (χ4v) is 2.93. The SMILES string of the molecule is CCNC(CO)(CN(CCOC)C1CC1)c1ccccc1. The maximum Gasteiger partial charge on any atom is 0.0797 e. The molecule has 0 amide bonds. The number of aliphatic hydroxyl groups excluding tert-OH is 1. The molecule has 2 N–H and O–H groups in total. The summed E-state index contributed by atoms with van der Waals surface area (Å²) in [5, 5.41) is 13.6. The molecule has 0 heterocycles. The van der Waals surface area contributed by atoms with Gasteiger partial charge in [0.05, 0.1) is 18.8 Å². The highest BCUT2D eigenvalue weighted by atomic mass is 16.5. The Bertz CT molecular complexity index is 409. The quantitative estimate of drug-likeness (QED) is 0.687. The fraction of sp³-hybridized carbons (Fsp3) is 0.647. The van der Waals surface area contributed by atoms with Crippen molar-refractivity contribution in [2.75, 3.05) is 40.0 Å². The van der Waals surface area contributed by atoms with Crippen LogP contribution in [0.1, 0.15) is 25.3 Å². The van der Waals surface area contributed by atoms with Gasteiger partial charge in [0.25, 0.3) is 0 Å². The van der Waals surface area contributed by atoms with Crippen LogP contribution in [-0.2, 0) is 10.3 Å². The van der Waals surface area contributed by atoms with Gasteiger partial charge in [0.1, 0.15) is 0 Å². The zero-order chi connectivity index (χ0) is 15.1. The second-order valence-corrected chi connectivity index (χ2v) is 5.83. The van der Waals surface area contributed by atoms with Crippen molar-refractivity contribution in [3.05, 3.63) is 35.9 Å². The van der Waals surface area contributed by atoms with Crippen LogP contribution < -0.4 is 5.32 Å². The Kier molecular flexibility index (Phi) is 6.18. The number of nitrogens with zero attached hydrogens (tertiary/aromatic N) is 1. The van der Waals surface area contributed by atoms with Crippen molar-refractivity contribution in [3.8, 4) is 0 Å². The van der Waals surface area contributed by atoms with Crippen LogP contribution in [0.15, 0.2) is 30.3 Å². The molecule has 1 atom stereocenters. The Labute approximate surface area is 128 Å². The number of ether oxygens (including phenoxy) is 1. The van der Waals surface area contributed by atoms with Crippen LogP contribution in [0.25, 0.3) is 0 Å². The molecule has 0 radical (unpaired) electrons. The van der Waals surface area contributed by atoms with Crippen molar-refractivity contribution >= 4 is 0 Å². The number of aliphatic hydroxyl groups is 1. The molecular formula is C17H28N2O2. The summed E-state index contributed by atoms with van der Waals surface area (Å²) in [6.07, 6.45) is 2.51. The van der Waals surface area contributed by atoms with Crippen molar-refractivity contribution in [2.24, 2.45) is 0 Å². The van der Waals surface area contributed by atoms with E-state index in [1.807, 2.05) is 18.2 Å². The number of likely N-dealkylation sites (N-methyl/N-ethyl adjacent to an activating group) is 1. The van der Waals surface area contributed by atoms with Gasteiger partial charge in [-0.3, -0.25) is 4.90 Å². The van der Waals surface area contributed by atoms with E-state index in [9.17, 15) is 5.11 Å². The fourth-order valence-electron chi connectivity index (χ4n) is 2.93. The highest BCUT2D eigenvalue weighted by Crippen LogP contribution is 2.31. The Hall–Kier alpha value is -0.940. The Balaban J connectivity index is 2.18. The molecule has 1 saturated carbocycles. The van der Waals surface area contributed by atoms with Gasteiger partial charge in [0.15, 0.2) is 0 Å². The minimum atomic E-state index is -0.396. The molecule has 0 bridgehead atoms. The summed E-state index contributed by atoms with van der Waals surface area (Å²) in [4.78, 5) is 2.45. The topological polar surface area (TPSA) is 44.7 Å². The van der Waals surface area contributed by atoms with Crippen LogP contribution in [0, 0.1) is 0 Å². The average molecular weight is 292 g/mol. The van der Waals surface area contributed by atoms with E-state index in [4.69, 9.17) is 4.74 Å². The first kappa shape index (κ1) is 16.4. The predicted octanol–water partition coefficient (Wildman–Crippen LogP) is 1.59. The summed E-state index contributed by atoms with van der Waals surface area (Å²) < 4.78 is 5.24. The van der Waals surface area contributed by atoms with Crippen molar-refractivity contribution < 1.29 is 9.84 Å². The van der Waals surface area contributed by atoms with E-state index < -0.39 is 5.54 Å². The van der Waals surface area contributed by atoms with E-state index in [0.717, 1.165) is 31.8 Å². The first-order chi connectivity index (χ1) is 10.3. The smallest absolute Gasteiger partial charge is 0.0797 e. The third-order valence-corrected chi connectivity index (χ3v) is 4.23. The summed E-state index contributed by atoms with van der Waals surface area (Å²) in [5.41, 5.74) is 0.754. The normalized spacial score (nSPS) is 17.9. The Morgan fingerprint density at radius 3 is 2.57 bits per heavy atom. The predicted molar refractivity (Wildman–Crippen MR) is 85.4 cm³/mol. The number of hydrogen-bond donors (Lipinski definition) is 2. The second-order valence-electron chi connectivity index (χ2n) is 5.83. The summed E-state index contributed by atoms with van der Waals surface area (Å²) in [6, 6.07) is 10.9. The molecule has 2 rings (SSSR count). The summed E-state index contributed by atoms with van der Waals surface area (Å²) in [5.74, 6) is 0. The molecule has 0 saturated heterocycles. The van der Waals surface area contributed by atoms with Gasteiger partial charge < -0.3 is 15.2 Å². The Morgan fingerprint density at radius 1 is 1.33 bits per heavy atom. The zero-order valence-corrected chi connectivity index (χ0v) is 13.2. The van der Waals surface area contributed by atoms with Gasteiger partial charge in [-0.25, -0.2) is 0 Å². The molecule has 21 heavy (non-hydrogen) atoms. The molecule has 1 aliphatic rings. The van der Waals surface area contributed by atoms with E-state index >= 15 is 0 Å². The van der Waals surface area contributed by atoms with Gasteiger partial charge >= 0.3 is 0 Å². The van der Waals surface area contributed by atoms with Crippen molar-refractivity contribution in [2.45, 2.75) is 31.3 Å². The van der Waals surface area contributed by atoms with Crippen LogP contribution in [0.2, 0.25) is 0 Å². The molecule has 4 heteroatoms. The lowest BCUT2D eigenvalue weighted by atomic mass is 9.89. The molecule has 118 valence electrons. The Morgan fingerprint density at radius 2 is 2.05 bits per heavy atom. The van der Waals surface area contributed by atoms with E-state index in [1.54, 1.807) is 7.11 Å². The van der Waals surface area contributed by atoms with Crippen LogP contribution in [-0.4, -0.2) is 56.0 Å². The molecule has 1 unspecified atom stereocenters. The molecule has 0 aromatic heterocycles. The van der Waals surface area contributed by atoms with Gasteiger partial charge in [-0.1, -0.05) is 37.3 Å². The molecular weight excluding hydrogens is 264 g/mol. The molecule has 1 aromatic carbocycles. The van der Waals surface area contributed by atoms with Gasteiger partial charge in [0.2, 0.25) is 0 Å². The summed E-state index contributed by atoms with van der Waals surface area (Å²) >= 11 is 0. The van der Waals surface area contributed by atoms with Crippen molar-refractivity contribution in [1.29, 1.82) is 0 Å². The number of benzene rings is 1. The van der Waals surface area contributed by atoms with Gasteiger partial charge in [-0.2, -0.15) is 0 Å².